The summed E-state index contributed by atoms with van der Waals surface area (Å²) in [5, 5.41) is 0. The van der Waals surface area contributed by atoms with Crippen molar-refractivity contribution in [1.82, 2.24) is 0 Å². The van der Waals surface area contributed by atoms with E-state index in [4.69, 9.17) is 4.74 Å². The Hall–Kier alpha value is -1.31. The van der Waals surface area contributed by atoms with Gasteiger partial charge >= 0.3 is 0 Å². The number of hydrogen-bond acceptors (Lipinski definition) is 2. The highest BCUT2D eigenvalue weighted by Crippen LogP contribution is 2.15. The van der Waals surface area contributed by atoms with Crippen LogP contribution in [0.15, 0.2) is 24.3 Å². The van der Waals surface area contributed by atoms with Gasteiger partial charge in [-0.15, -0.1) is 0 Å². The predicted molar refractivity (Wildman–Crippen MR) is 135 cm³/mol. The quantitative estimate of drug-likeness (QED) is 0.127. The molecule has 0 atom stereocenters. The second kappa shape index (κ2) is 21.9. The minimum Gasteiger partial charge on any atom is -0.494 e. The highest BCUT2D eigenvalue weighted by molar-refractivity contribution is 5.74. The Morgan fingerprint density at radius 1 is 0.548 bits per heavy atom. The molecule has 1 rings (SSSR count). The Balaban J connectivity index is 1.71. The van der Waals surface area contributed by atoms with Crippen LogP contribution in [0.2, 0.25) is 0 Å². The fourth-order valence-corrected chi connectivity index (χ4v) is 4.19. The molecule has 1 aromatic rings. The van der Waals surface area contributed by atoms with E-state index < -0.39 is 0 Å². The van der Waals surface area contributed by atoms with Crippen molar-refractivity contribution in [2.75, 3.05) is 6.61 Å². The number of carbonyl (C=O) groups excluding carboxylic acids is 1. The largest absolute Gasteiger partial charge is 0.494 e. The maximum Gasteiger partial charge on any atom is 0.150 e. The molecule has 0 radical (unpaired) electrons. The third-order valence-corrected chi connectivity index (χ3v) is 6.28. The molecule has 31 heavy (non-hydrogen) atoms. The molecule has 0 aliphatic carbocycles. The van der Waals surface area contributed by atoms with Crippen LogP contribution in [-0.2, 0) is 0 Å². The van der Waals surface area contributed by atoms with Crippen LogP contribution in [0.25, 0.3) is 0 Å². The van der Waals surface area contributed by atoms with Crippen LogP contribution in [0, 0.1) is 0 Å². The van der Waals surface area contributed by atoms with E-state index in [0.29, 0.717) is 5.56 Å². The number of unbranched alkanes of at least 4 members (excludes halogenated alkanes) is 19. The molecule has 0 aromatic heterocycles. The van der Waals surface area contributed by atoms with Gasteiger partial charge in [0.15, 0.2) is 0 Å². The summed E-state index contributed by atoms with van der Waals surface area (Å²) in [4.78, 5) is 10.6. The van der Waals surface area contributed by atoms with E-state index in [1.54, 1.807) is 12.1 Å². The molecule has 0 spiro atoms. The van der Waals surface area contributed by atoms with Crippen LogP contribution >= 0.6 is 0 Å². The molecule has 0 fully saturated rings. The SMILES string of the molecule is CCCCCCCCCCCCCCCCCCCCCCOc1ccc(C=O)cc1. The molecular formula is C29H50O2. The second-order valence-corrected chi connectivity index (χ2v) is 9.25. The Bertz CT molecular complexity index is 494. The highest BCUT2D eigenvalue weighted by atomic mass is 16.5. The number of rotatable bonds is 23. The Kier molecular flexibility index (Phi) is 19.6. The standard InChI is InChI=1S/C29H50O2/c1-2-3-4-5-6-7-8-9-10-11-12-13-14-15-16-17-18-19-20-21-26-31-29-24-22-28(27-30)23-25-29/h22-25,27H,2-21,26H2,1H3. The molecule has 0 bridgehead atoms. The summed E-state index contributed by atoms with van der Waals surface area (Å²) in [6, 6.07) is 7.36. The van der Waals surface area contributed by atoms with Gasteiger partial charge in [-0.05, 0) is 30.7 Å². The van der Waals surface area contributed by atoms with Crippen molar-refractivity contribution in [3.63, 3.8) is 0 Å². The summed E-state index contributed by atoms with van der Waals surface area (Å²) < 4.78 is 5.73. The molecule has 0 aliphatic rings. The van der Waals surface area contributed by atoms with E-state index in [-0.39, 0.29) is 0 Å². The van der Waals surface area contributed by atoms with Crippen LogP contribution in [0.3, 0.4) is 0 Å². The fourth-order valence-electron chi connectivity index (χ4n) is 4.19. The summed E-state index contributed by atoms with van der Waals surface area (Å²) in [7, 11) is 0. The Labute approximate surface area is 193 Å². The minimum absolute atomic E-state index is 0.700. The minimum atomic E-state index is 0.700. The van der Waals surface area contributed by atoms with Crippen molar-refractivity contribution in [1.29, 1.82) is 0 Å². The van der Waals surface area contributed by atoms with Gasteiger partial charge in [-0.2, -0.15) is 0 Å². The van der Waals surface area contributed by atoms with Crippen molar-refractivity contribution >= 4 is 6.29 Å². The lowest BCUT2D eigenvalue weighted by Gasteiger charge is -2.06. The zero-order valence-corrected chi connectivity index (χ0v) is 20.6. The van der Waals surface area contributed by atoms with E-state index in [1.165, 1.54) is 122 Å². The normalized spacial score (nSPS) is 11.0. The average molecular weight is 431 g/mol. The first-order valence-electron chi connectivity index (χ1n) is 13.5. The molecule has 0 saturated carbocycles. The molecule has 0 heterocycles. The third-order valence-electron chi connectivity index (χ3n) is 6.28. The number of ether oxygens (including phenoxy) is 1. The van der Waals surface area contributed by atoms with Crippen molar-refractivity contribution < 1.29 is 9.53 Å². The van der Waals surface area contributed by atoms with Gasteiger partial charge in [0.2, 0.25) is 0 Å². The van der Waals surface area contributed by atoms with Crippen molar-refractivity contribution in [2.45, 2.75) is 135 Å². The lowest BCUT2D eigenvalue weighted by molar-refractivity contribution is 0.112. The lowest BCUT2D eigenvalue weighted by Crippen LogP contribution is -1.97. The van der Waals surface area contributed by atoms with Gasteiger partial charge in [0.05, 0.1) is 6.61 Å². The monoisotopic (exact) mass is 430 g/mol. The van der Waals surface area contributed by atoms with Crippen molar-refractivity contribution in [3.8, 4) is 5.75 Å². The summed E-state index contributed by atoms with van der Waals surface area (Å²) in [6.07, 6.45) is 29.0. The van der Waals surface area contributed by atoms with Crippen LogP contribution in [0.1, 0.15) is 146 Å². The van der Waals surface area contributed by atoms with E-state index in [9.17, 15) is 4.79 Å². The molecule has 0 saturated heterocycles. The summed E-state index contributed by atoms with van der Waals surface area (Å²) >= 11 is 0. The fraction of sp³-hybridized carbons (Fsp3) is 0.759. The average Bonchev–Trinajstić information content (AvgIpc) is 2.80. The number of carbonyl (C=O) groups is 1. The molecular weight excluding hydrogens is 380 g/mol. The predicted octanol–water partition coefficient (Wildman–Crippen LogP) is 9.70. The van der Waals surface area contributed by atoms with Gasteiger partial charge in [0, 0.05) is 5.56 Å². The smallest absolute Gasteiger partial charge is 0.150 e. The van der Waals surface area contributed by atoms with E-state index in [2.05, 4.69) is 6.92 Å². The van der Waals surface area contributed by atoms with Crippen molar-refractivity contribution in [3.05, 3.63) is 29.8 Å². The van der Waals surface area contributed by atoms with Gasteiger partial charge in [0.25, 0.3) is 0 Å². The molecule has 2 nitrogen and oxygen atoms in total. The molecule has 0 aliphatic heterocycles. The summed E-state index contributed by atoms with van der Waals surface area (Å²) in [5.74, 6) is 0.864. The van der Waals surface area contributed by atoms with Gasteiger partial charge in [-0.3, -0.25) is 4.79 Å². The van der Waals surface area contributed by atoms with Gasteiger partial charge in [-0.25, -0.2) is 0 Å². The zero-order chi connectivity index (χ0) is 22.2. The molecule has 178 valence electrons. The maximum absolute atomic E-state index is 10.6. The Morgan fingerprint density at radius 2 is 0.903 bits per heavy atom. The third kappa shape index (κ3) is 18.0. The molecule has 2 heteroatoms. The first-order valence-corrected chi connectivity index (χ1v) is 13.5. The molecule has 0 amide bonds. The van der Waals surface area contributed by atoms with Crippen LogP contribution in [0.4, 0.5) is 0 Å². The van der Waals surface area contributed by atoms with E-state index >= 15 is 0 Å². The van der Waals surface area contributed by atoms with Gasteiger partial charge in [0.1, 0.15) is 12.0 Å². The summed E-state index contributed by atoms with van der Waals surface area (Å²) in [6.45, 7) is 3.07. The summed E-state index contributed by atoms with van der Waals surface area (Å²) in [5.41, 5.74) is 0.700. The van der Waals surface area contributed by atoms with Crippen LogP contribution < -0.4 is 4.74 Å². The number of benzene rings is 1. The molecule has 0 unspecified atom stereocenters. The topological polar surface area (TPSA) is 26.3 Å². The first kappa shape index (κ1) is 27.7. The van der Waals surface area contributed by atoms with Crippen LogP contribution in [-0.4, -0.2) is 12.9 Å². The lowest BCUT2D eigenvalue weighted by atomic mass is 10.0. The van der Waals surface area contributed by atoms with Crippen molar-refractivity contribution in [2.24, 2.45) is 0 Å². The maximum atomic E-state index is 10.6. The molecule has 1 aromatic carbocycles. The van der Waals surface area contributed by atoms with Gasteiger partial charge in [-0.1, -0.05) is 129 Å². The Morgan fingerprint density at radius 3 is 1.26 bits per heavy atom. The highest BCUT2D eigenvalue weighted by Gasteiger charge is 1.97. The van der Waals surface area contributed by atoms with Gasteiger partial charge < -0.3 is 4.74 Å². The van der Waals surface area contributed by atoms with E-state index in [1.807, 2.05) is 12.1 Å². The molecule has 0 N–H and O–H groups in total. The number of hydrogen-bond donors (Lipinski definition) is 0. The second-order valence-electron chi connectivity index (χ2n) is 9.25. The number of aldehydes is 1. The van der Waals surface area contributed by atoms with Crippen LogP contribution in [0.5, 0.6) is 5.75 Å². The van der Waals surface area contributed by atoms with E-state index in [0.717, 1.165) is 25.1 Å². The zero-order valence-electron chi connectivity index (χ0n) is 20.6. The first-order chi connectivity index (χ1) is 15.4.